The van der Waals surface area contributed by atoms with Gasteiger partial charge >= 0.3 is 6.18 Å². The van der Waals surface area contributed by atoms with Crippen LogP contribution >= 0.6 is 15.9 Å². The highest BCUT2D eigenvalue weighted by Crippen LogP contribution is 2.32. The first-order valence-electron chi connectivity index (χ1n) is 4.81. The van der Waals surface area contributed by atoms with E-state index in [4.69, 9.17) is 4.74 Å². The molecule has 0 radical (unpaired) electrons. The van der Waals surface area contributed by atoms with Crippen molar-refractivity contribution in [2.45, 2.75) is 6.18 Å². The van der Waals surface area contributed by atoms with Gasteiger partial charge in [-0.3, -0.25) is 4.79 Å². The Bertz CT molecular complexity index is 664. The molecule has 0 atom stereocenters. The molecule has 2 rings (SSSR count). The molecule has 0 bridgehead atoms. The minimum absolute atomic E-state index is 0.0641. The summed E-state index contributed by atoms with van der Waals surface area (Å²) in [4.78, 5) is 14.0. The molecule has 3 nitrogen and oxygen atoms in total. The molecule has 0 amide bonds. The number of hydrogen-bond donors (Lipinski definition) is 1. The number of aromatic nitrogens is 1. The van der Waals surface area contributed by atoms with Crippen molar-refractivity contribution in [1.82, 2.24) is 4.98 Å². The summed E-state index contributed by atoms with van der Waals surface area (Å²) >= 11 is 3.10. The lowest BCUT2D eigenvalue weighted by molar-refractivity contribution is -0.141. The van der Waals surface area contributed by atoms with Crippen molar-refractivity contribution in [1.29, 1.82) is 0 Å². The van der Waals surface area contributed by atoms with Crippen molar-refractivity contribution in [3.63, 3.8) is 0 Å². The zero-order valence-corrected chi connectivity index (χ0v) is 10.6. The van der Waals surface area contributed by atoms with Crippen LogP contribution in [0.4, 0.5) is 13.2 Å². The van der Waals surface area contributed by atoms with E-state index in [1.54, 1.807) is 0 Å². The van der Waals surface area contributed by atoms with Crippen molar-refractivity contribution in [3.05, 3.63) is 38.6 Å². The number of hydrogen-bond acceptors (Lipinski definition) is 2. The van der Waals surface area contributed by atoms with Crippen molar-refractivity contribution < 1.29 is 17.9 Å². The second-order valence-corrected chi connectivity index (χ2v) is 4.40. The first-order chi connectivity index (χ1) is 8.34. The highest BCUT2D eigenvalue weighted by Gasteiger charge is 2.32. The molecular weight excluding hydrogens is 315 g/mol. The summed E-state index contributed by atoms with van der Waals surface area (Å²) in [6.07, 6.45) is -4.60. The quantitative estimate of drug-likeness (QED) is 0.875. The fourth-order valence-corrected chi connectivity index (χ4v) is 2.05. The van der Waals surface area contributed by atoms with Crippen LogP contribution in [-0.2, 0) is 6.18 Å². The van der Waals surface area contributed by atoms with Gasteiger partial charge < -0.3 is 9.72 Å². The summed E-state index contributed by atoms with van der Waals surface area (Å²) in [6, 6.07) is 3.55. The third-order valence-electron chi connectivity index (χ3n) is 2.42. The molecule has 18 heavy (non-hydrogen) atoms. The summed E-state index contributed by atoms with van der Waals surface area (Å²) in [5, 5.41) is 0.0832. The summed E-state index contributed by atoms with van der Waals surface area (Å²) in [5.41, 5.74) is -1.77. The predicted molar refractivity (Wildman–Crippen MR) is 63.8 cm³/mol. The van der Waals surface area contributed by atoms with Gasteiger partial charge in [-0.15, -0.1) is 0 Å². The molecule has 7 heteroatoms. The van der Waals surface area contributed by atoms with E-state index in [1.165, 1.54) is 19.2 Å². The van der Waals surface area contributed by atoms with E-state index < -0.39 is 17.3 Å². The fourth-order valence-electron chi connectivity index (χ4n) is 1.62. The average Bonchev–Trinajstić information content (AvgIpc) is 2.29. The molecular formula is C11H7BrF3NO2. The molecule has 0 aliphatic rings. The van der Waals surface area contributed by atoms with Crippen LogP contribution in [0.3, 0.4) is 0 Å². The Hall–Kier alpha value is -1.50. The van der Waals surface area contributed by atoms with Gasteiger partial charge in [-0.2, -0.15) is 13.2 Å². The van der Waals surface area contributed by atoms with Crippen LogP contribution in [0.25, 0.3) is 10.9 Å². The van der Waals surface area contributed by atoms with Gasteiger partial charge in [-0.25, -0.2) is 0 Å². The number of ether oxygens (including phenoxy) is 1. The Balaban J connectivity index is 2.90. The van der Waals surface area contributed by atoms with E-state index in [-0.39, 0.29) is 16.7 Å². The van der Waals surface area contributed by atoms with Gasteiger partial charge in [0.05, 0.1) is 18.0 Å². The Labute approximate surface area is 108 Å². The summed E-state index contributed by atoms with van der Waals surface area (Å²) in [5.74, 6) is 0.225. The normalized spacial score (nSPS) is 11.8. The second kappa shape index (κ2) is 4.31. The van der Waals surface area contributed by atoms with Crippen molar-refractivity contribution in [2.24, 2.45) is 0 Å². The van der Waals surface area contributed by atoms with E-state index in [0.29, 0.717) is 10.5 Å². The number of pyridine rings is 1. The van der Waals surface area contributed by atoms with Crippen LogP contribution in [0.5, 0.6) is 5.75 Å². The smallest absolute Gasteiger partial charge is 0.431 e. The maximum atomic E-state index is 12.6. The van der Waals surface area contributed by atoms with Gasteiger partial charge in [0.25, 0.3) is 0 Å². The zero-order chi connectivity index (χ0) is 13.5. The monoisotopic (exact) mass is 321 g/mol. The van der Waals surface area contributed by atoms with Gasteiger partial charge in [0, 0.05) is 10.5 Å². The second-order valence-electron chi connectivity index (χ2n) is 3.54. The van der Waals surface area contributed by atoms with Crippen LogP contribution in [-0.4, -0.2) is 12.1 Å². The molecule has 1 N–H and O–H groups in total. The van der Waals surface area contributed by atoms with Crippen molar-refractivity contribution in [3.8, 4) is 5.75 Å². The SMILES string of the molecule is COc1ccc(Br)c2[nH]c(C(F)(F)F)cc(=O)c12. The molecule has 0 unspecified atom stereocenters. The van der Waals surface area contributed by atoms with E-state index in [9.17, 15) is 18.0 Å². The summed E-state index contributed by atoms with van der Waals surface area (Å²) in [7, 11) is 1.35. The molecule has 1 aromatic carbocycles. The number of nitrogens with one attached hydrogen (secondary N) is 1. The standard InChI is InChI=1S/C11H7BrF3NO2/c1-18-7-3-2-5(12)10-9(7)6(17)4-8(16-10)11(13,14)15/h2-4H,1H3,(H,16,17). The van der Waals surface area contributed by atoms with Gasteiger partial charge in [0.2, 0.25) is 0 Å². The molecule has 96 valence electrons. The number of aromatic amines is 1. The molecule has 0 saturated carbocycles. The number of benzene rings is 1. The molecule has 0 fully saturated rings. The first-order valence-corrected chi connectivity index (χ1v) is 5.60. The third-order valence-corrected chi connectivity index (χ3v) is 3.08. The van der Waals surface area contributed by atoms with Crippen molar-refractivity contribution in [2.75, 3.05) is 7.11 Å². The molecule has 0 saturated heterocycles. The number of halogens is 4. The minimum atomic E-state index is -4.60. The zero-order valence-electron chi connectivity index (χ0n) is 9.06. The Morgan fingerprint density at radius 2 is 2.00 bits per heavy atom. The van der Waals surface area contributed by atoms with E-state index >= 15 is 0 Å². The average molecular weight is 322 g/mol. The Morgan fingerprint density at radius 1 is 1.33 bits per heavy atom. The molecule has 0 aliphatic carbocycles. The molecule has 0 spiro atoms. The van der Waals surface area contributed by atoms with E-state index in [2.05, 4.69) is 20.9 Å². The van der Waals surface area contributed by atoms with Crippen LogP contribution in [0.1, 0.15) is 5.69 Å². The number of alkyl halides is 3. The van der Waals surface area contributed by atoms with Crippen LogP contribution in [0, 0.1) is 0 Å². The maximum Gasteiger partial charge on any atom is 0.431 e. The predicted octanol–water partition coefficient (Wildman–Crippen LogP) is 3.32. The van der Waals surface area contributed by atoms with Gasteiger partial charge in [-0.1, -0.05) is 0 Å². The molecule has 1 aromatic heterocycles. The van der Waals surface area contributed by atoms with E-state index in [1.807, 2.05) is 0 Å². The number of methoxy groups -OCH3 is 1. The lowest BCUT2D eigenvalue weighted by Crippen LogP contribution is -2.14. The van der Waals surface area contributed by atoms with Gasteiger partial charge in [0.15, 0.2) is 5.43 Å². The molecule has 1 heterocycles. The highest BCUT2D eigenvalue weighted by molar-refractivity contribution is 9.10. The van der Waals surface area contributed by atoms with Gasteiger partial charge in [0.1, 0.15) is 11.4 Å². The molecule has 0 aliphatic heterocycles. The maximum absolute atomic E-state index is 12.6. The van der Waals surface area contributed by atoms with Gasteiger partial charge in [-0.05, 0) is 28.1 Å². The highest BCUT2D eigenvalue weighted by atomic mass is 79.9. The number of rotatable bonds is 1. The lowest BCUT2D eigenvalue weighted by Gasteiger charge is -2.11. The van der Waals surface area contributed by atoms with E-state index in [0.717, 1.165) is 0 Å². The number of fused-ring (bicyclic) bond motifs is 1. The fraction of sp³-hybridized carbons (Fsp3) is 0.182. The van der Waals surface area contributed by atoms with Crippen LogP contribution in [0.15, 0.2) is 27.5 Å². The van der Waals surface area contributed by atoms with Crippen LogP contribution < -0.4 is 10.2 Å². The summed E-state index contributed by atoms with van der Waals surface area (Å²) in [6.45, 7) is 0. The Kier molecular flexibility index (Phi) is 3.10. The van der Waals surface area contributed by atoms with Crippen LogP contribution in [0.2, 0.25) is 0 Å². The minimum Gasteiger partial charge on any atom is -0.496 e. The molecule has 2 aromatic rings. The summed E-state index contributed by atoms with van der Waals surface area (Å²) < 4.78 is 43.1. The lowest BCUT2D eigenvalue weighted by atomic mass is 10.1. The number of H-pyrrole nitrogens is 1. The Morgan fingerprint density at radius 3 is 2.56 bits per heavy atom. The third kappa shape index (κ3) is 2.10. The first kappa shape index (κ1) is 12.9. The topological polar surface area (TPSA) is 42.1 Å². The largest absolute Gasteiger partial charge is 0.496 e. The van der Waals surface area contributed by atoms with Crippen molar-refractivity contribution >= 4 is 26.8 Å².